The van der Waals surface area contributed by atoms with Crippen LogP contribution in [0.15, 0.2) is 40.9 Å². The number of anilines is 1. The van der Waals surface area contributed by atoms with Crippen LogP contribution in [0.3, 0.4) is 0 Å². The van der Waals surface area contributed by atoms with Gasteiger partial charge < -0.3 is 19.5 Å². The maximum absolute atomic E-state index is 12.0. The molecule has 2 aromatic rings. The Balaban J connectivity index is 1.54. The van der Waals surface area contributed by atoms with Crippen molar-refractivity contribution in [3.05, 3.63) is 57.0 Å². The van der Waals surface area contributed by atoms with E-state index < -0.39 is 11.9 Å². The number of nitrogens with one attached hydrogen (secondary N) is 1. The van der Waals surface area contributed by atoms with Crippen molar-refractivity contribution in [3.63, 3.8) is 0 Å². The van der Waals surface area contributed by atoms with Crippen LogP contribution in [0.1, 0.15) is 11.1 Å². The standard InChI is InChI=1S/C20H17BrClNO5/c1-12-8-14(21)3-4-16(12)23-18(24)11-28-19(25)5-2-13-9-15(22)20-17(10-13)26-6-7-27-20/h2-5,8-10H,6-7,11H2,1H3,(H,23,24). The number of halogens is 2. The fraction of sp³-hybridized carbons (Fsp3) is 0.200. The minimum Gasteiger partial charge on any atom is -0.486 e. The lowest BCUT2D eigenvalue weighted by Crippen LogP contribution is -2.20. The quantitative estimate of drug-likeness (QED) is 0.523. The molecule has 1 aliphatic heterocycles. The molecule has 0 radical (unpaired) electrons. The summed E-state index contributed by atoms with van der Waals surface area (Å²) in [6.45, 7) is 2.36. The molecule has 0 saturated heterocycles. The van der Waals surface area contributed by atoms with Gasteiger partial charge in [-0.05, 0) is 54.5 Å². The highest BCUT2D eigenvalue weighted by molar-refractivity contribution is 9.10. The van der Waals surface area contributed by atoms with Gasteiger partial charge >= 0.3 is 5.97 Å². The van der Waals surface area contributed by atoms with Crippen LogP contribution in [0.4, 0.5) is 5.69 Å². The van der Waals surface area contributed by atoms with Crippen molar-refractivity contribution in [3.8, 4) is 11.5 Å². The van der Waals surface area contributed by atoms with Gasteiger partial charge in [0.1, 0.15) is 13.2 Å². The summed E-state index contributed by atoms with van der Waals surface area (Å²) in [7, 11) is 0. The summed E-state index contributed by atoms with van der Waals surface area (Å²) in [5.74, 6) is -0.0493. The number of esters is 1. The van der Waals surface area contributed by atoms with Crippen LogP contribution >= 0.6 is 27.5 Å². The van der Waals surface area contributed by atoms with E-state index in [1.807, 2.05) is 19.1 Å². The van der Waals surface area contributed by atoms with Gasteiger partial charge in [0.05, 0.1) is 5.02 Å². The van der Waals surface area contributed by atoms with Crippen molar-refractivity contribution in [2.24, 2.45) is 0 Å². The monoisotopic (exact) mass is 465 g/mol. The predicted octanol–water partition coefficient (Wildman–Crippen LogP) is 4.38. The molecule has 6 nitrogen and oxygen atoms in total. The fourth-order valence-electron chi connectivity index (χ4n) is 2.53. The lowest BCUT2D eigenvalue weighted by Gasteiger charge is -2.19. The largest absolute Gasteiger partial charge is 0.486 e. The highest BCUT2D eigenvalue weighted by Crippen LogP contribution is 2.38. The third-order valence-corrected chi connectivity index (χ3v) is 4.61. The molecular weight excluding hydrogens is 450 g/mol. The number of benzene rings is 2. The molecule has 0 saturated carbocycles. The van der Waals surface area contributed by atoms with E-state index in [-0.39, 0.29) is 6.61 Å². The maximum Gasteiger partial charge on any atom is 0.331 e. The first-order valence-electron chi connectivity index (χ1n) is 8.42. The van der Waals surface area contributed by atoms with Crippen LogP contribution < -0.4 is 14.8 Å². The molecule has 3 rings (SSSR count). The second kappa shape index (κ2) is 9.12. The minimum atomic E-state index is -0.645. The summed E-state index contributed by atoms with van der Waals surface area (Å²) in [6, 6.07) is 8.83. The number of rotatable bonds is 5. The van der Waals surface area contributed by atoms with Crippen LogP contribution in [0.25, 0.3) is 6.08 Å². The molecule has 1 amide bonds. The summed E-state index contributed by atoms with van der Waals surface area (Å²) in [5, 5.41) is 3.10. The van der Waals surface area contributed by atoms with E-state index in [1.54, 1.807) is 18.2 Å². The van der Waals surface area contributed by atoms with E-state index in [9.17, 15) is 9.59 Å². The normalized spacial score (nSPS) is 12.7. The Bertz CT molecular complexity index is 944. The molecule has 0 aliphatic carbocycles. The number of amides is 1. The number of carbonyl (C=O) groups excluding carboxylic acids is 2. The van der Waals surface area contributed by atoms with Crippen LogP contribution in [0, 0.1) is 6.92 Å². The molecule has 8 heteroatoms. The van der Waals surface area contributed by atoms with E-state index in [0.29, 0.717) is 41.0 Å². The van der Waals surface area contributed by atoms with Crippen LogP contribution in [-0.2, 0) is 14.3 Å². The molecule has 1 aliphatic rings. The summed E-state index contributed by atoms with van der Waals surface area (Å²) >= 11 is 9.51. The Kier molecular flexibility index (Phi) is 6.59. The van der Waals surface area contributed by atoms with Crippen molar-refractivity contribution in [1.82, 2.24) is 0 Å². The van der Waals surface area contributed by atoms with Gasteiger partial charge in [0.25, 0.3) is 5.91 Å². The van der Waals surface area contributed by atoms with Crippen LogP contribution in [0.2, 0.25) is 5.02 Å². The lowest BCUT2D eigenvalue weighted by atomic mass is 10.2. The average Bonchev–Trinajstić information content (AvgIpc) is 2.67. The number of hydrogen-bond donors (Lipinski definition) is 1. The van der Waals surface area contributed by atoms with Gasteiger partial charge in [-0.25, -0.2) is 4.79 Å². The first-order chi connectivity index (χ1) is 13.4. The molecule has 0 fully saturated rings. The van der Waals surface area contributed by atoms with Crippen molar-refractivity contribution in [1.29, 1.82) is 0 Å². The third kappa shape index (κ3) is 5.27. The molecule has 0 unspecified atom stereocenters. The average molecular weight is 467 g/mol. The molecule has 146 valence electrons. The lowest BCUT2D eigenvalue weighted by molar-refractivity contribution is -0.142. The zero-order chi connectivity index (χ0) is 20.1. The fourth-order valence-corrected chi connectivity index (χ4v) is 3.28. The molecule has 1 heterocycles. The zero-order valence-corrected chi connectivity index (χ0v) is 17.3. The van der Waals surface area contributed by atoms with E-state index in [4.69, 9.17) is 25.8 Å². The molecule has 2 aromatic carbocycles. The highest BCUT2D eigenvalue weighted by atomic mass is 79.9. The number of aryl methyl sites for hydroxylation is 1. The second-order valence-corrected chi connectivity index (χ2v) is 7.30. The van der Waals surface area contributed by atoms with E-state index in [1.165, 1.54) is 12.2 Å². The topological polar surface area (TPSA) is 73.9 Å². The van der Waals surface area contributed by atoms with Gasteiger partial charge in [-0.3, -0.25) is 4.79 Å². The molecule has 0 spiro atoms. The molecule has 0 atom stereocenters. The Hall–Kier alpha value is -2.51. The van der Waals surface area contributed by atoms with Gasteiger partial charge in [0.15, 0.2) is 18.1 Å². The van der Waals surface area contributed by atoms with E-state index in [2.05, 4.69) is 21.2 Å². The molecule has 0 aromatic heterocycles. The van der Waals surface area contributed by atoms with E-state index >= 15 is 0 Å². The Labute approximate surface area is 175 Å². The summed E-state index contributed by atoms with van der Waals surface area (Å²) in [5.41, 5.74) is 2.20. The van der Waals surface area contributed by atoms with Crippen molar-refractivity contribution >= 4 is 51.2 Å². The molecular formula is C20H17BrClNO5. The highest BCUT2D eigenvalue weighted by Gasteiger charge is 2.16. The van der Waals surface area contributed by atoms with Gasteiger partial charge in [0.2, 0.25) is 0 Å². The SMILES string of the molecule is Cc1cc(Br)ccc1NC(=O)COC(=O)C=Cc1cc(Cl)c2c(c1)OCCO2. The van der Waals surface area contributed by atoms with Gasteiger partial charge in [-0.2, -0.15) is 0 Å². The predicted molar refractivity (Wildman–Crippen MR) is 110 cm³/mol. The van der Waals surface area contributed by atoms with Crippen LogP contribution in [0.5, 0.6) is 11.5 Å². The third-order valence-electron chi connectivity index (χ3n) is 3.84. The van der Waals surface area contributed by atoms with E-state index in [0.717, 1.165) is 10.0 Å². The Morgan fingerprint density at radius 2 is 2.04 bits per heavy atom. The minimum absolute atomic E-state index is 0.388. The summed E-state index contributed by atoms with van der Waals surface area (Å²) in [6.07, 6.45) is 2.75. The number of hydrogen-bond acceptors (Lipinski definition) is 5. The van der Waals surface area contributed by atoms with Crippen molar-refractivity contribution < 1.29 is 23.8 Å². The molecule has 28 heavy (non-hydrogen) atoms. The number of ether oxygens (including phenoxy) is 3. The summed E-state index contributed by atoms with van der Waals surface area (Å²) in [4.78, 5) is 23.8. The van der Waals surface area contributed by atoms with Crippen LogP contribution in [-0.4, -0.2) is 31.7 Å². The first kappa shape index (κ1) is 20.2. The maximum atomic E-state index is 12.0. The smallest absolute Gasteiger partial charge is 0.331 e. The molecule has 0 bridgehead atoms. The Morgan fingerprint density at radius 3 is 2.82 bits per heavy atom. The number of fused-ring (bicyclic) bond motifs is 1. The molecule has 1 N–H and O–H groups in total. The zero-order valence-electron chi connectivity index (χ0n) is 15.0. The van der Waals surface area contributed by atoms with Crippen molar-refractivity contribution in [2.45, 2.75) is 6.92 Å². The van der Waals surface area contributed by atoms with Gasteiger partial charge in [-0.1, -0.05) is 27.5 Å². The van der Waals surface area contributed by atoms with Crippen molar-refractivity contribution in [2.75, 3.05) is 25.1 Å². The van der Waals surface area contributed by atoms with Gasteiger partial charge in [0, 0.05) is 16.2 Å². The Morgan fingerprint density at radius 1 is 1.25 bits per heavy atom. The first-order valence-corrected chi connectivity index (χ1v) is 9.59. The summed E-state index contributed by atoms with van der Waals surface area (Å²) < 4.78 is 16.8. The van der Waals surface area contributed by atoms with Gasteiger partial charge in [-0.15, -0.1) is 0 Å². The number of carbonyl (C=O) groups is 2. The second-order valence-electron chi connectivity index (χ2n) is 5.98.